The second kappa shape index (κ2) is 6.69. The fourth-order valence-electron chi connectivity index (χ4n) is 2.32. The summed E-state index contributed by atoms with van der Waals surface area (Å²) in [7, 11) is 5.62. The lowest BCUT2D eigenvalue weighted by Gasteiger charge is -2.19. The lowest BCUT2D eigenvalue weighted by Crippen LogP contribution is -2.25. The van der Waals surface area contributed by atoms with Gasteiger partial charge in [0, 0.05) is 46.8 Å². The summed E-state index contributed by atoms with van der Waals surface area (Å²) in [6, 6.07) is 0. The molecule has 0 aromatic carbocycles. The second-order valence-corrected chi connectivity index (χ2v) is 5.24. The number of ether oxygens (including phenoxy) is 1. The van der Waals surface area contributed by atoms with E-state index in [1.165, 1.54) is 0 Å². The second-order valence-electron chi connectivity index (χ2n) is 5.24. The molecule has 7 nitrogen and oxygen atoms in total. The Morgan fingerprint density at radius 2 is 2.15 bits per heavy atom. The van der Waals surface area contributed by atoms with Crippen LogP contribution in [0.4, 0.5) is 17.8 Å². The highest BCUT2D eigenvalue weighted by atomic mass is 16.5. The van der Waals surface area contributed by atoms with Crippen molar-refractivity contribution in [2.24, 2.45) is 5.92 Å². The predicted molar refractivity (Wildman–Crippen MR) is 80.5 cm³/mol. The molecule has 20 heavy (non-hydrogen) atoms. The molecule has 0 amide bonds. The zero-order chi connectivity index (χ0) is 14.5. The van der Waals surface area contributed by atoms with Crippen LogP contribution < -0.4 is 15.1 Å². The number of nitrogens with zero attached hydrogens (tertiary/aromatic N) is 5. The van der Waals surface area contributed by atoms with E-state index in [2.05, 4.69) is 25.2 Å². The van der Waals surface area contributed by atoms with Crippen molar-refractivity contribution in [3.63, 3.8) is 0 Å². The molecule has 0 aliphatic carbocycles. The largest absolute Gasteiger partial charge is 0.384 e. The van der Waals surface area contributed by atoms with Crippen molar-refractivity contribution in [2.45, 2.75) is 13.3 Å². The van der Waals surface area contributed by atoms with Gasteiger partial charge in [-0.25, -0.2) is 0 Å². The number of nitrogens with one attached hydrogen (secondary N) is 1. The van der Waals surface area contributed by atoms with Crippen molar-refractivity contribution in [3.8, 4) is 0 Å². The maximum absolute atomic E-state index is 5.23. The van der Waals surface area contributed by atoms with Crippen molar-refractivity contribution in [1.82, 2.24) is 15.0 Å². The van der Waals surface area contributed by atoms with Crippen LogP contribution in [-0.4, -0.2) is 62.4 Å². The third-order valence-electron chi connectivity index (χ3n) is 3.32. The van der Waals surface area contributed by atoms with Gasteiger partial charge in [0.25, 0.3) is 0 Å². The maximum Gasteiger partial charge on any atom is 0.231 e. The Labute approximate surface area is 120 Å². The molecule has 0 saturated carbocycles. The van der Waals surface area contributed by atoms with Gasteiger partial charge in [0.15, 0.2) is 0 Å². The third kappa shape index (κ3) is 3.47. The van der Waals surface area contributed by atoms with Crippen molar-refractivity contribution >= 4 is 17.8 Å². The van der Waals surface area contributed by atoms with E-state index < -0.39 is 0 Å². The normalized spacial score (nSPS) is 18.4. The minimum atomic E-state index is 0.558. The Morgan fingerprint density at radius 1 is 1.35 bits per heavy atom. The van der Waals surface area contributed by atoms with Gasteiger partial charge >= 0.3 is 0 Å². The number of hydrogen-bond donors (Lipinski definition) is 1. The zero-order valence-corrected chi connectivity index (χ0v) is 12.8. The molecule has 1 saturated heterocycles. The molecule has 1 aliphatic heterocycles. The summed E-state index contributed by atoms with van der Waals surface area (Å²) in [5, 5.41) is 3.16. The van der Waals surface area contributed by atoms with E-state index in [0.29, 0.717) is 17.8 Å². The van der Waals surface area contributed by atoms with Gasteiger partial charge in [0.1, 0.15) is 0 Å². The first kappa shape index (κ1) is 14.8. The van der Waals surface area contributed by atoms with Crippen LogP contribution in [0.1, 0.15) is 13.3 Å². The summed E-state index contributed by atoms with van der Waals surface area (Å²) in [5.41, 5.74) is 0. The van der Waals surface area contributed by atoms with Gasteiger partial charge in [-0.3, -0.25) is 0 Å². The van der Waals surface area contributed by atoms with Gasteiger partial charge in [0.2, 0.25) is 17.8 Å². The zero-order valence-electron chi connectivity index (χ0n) is 12.8. The molecule has 1 aromatic heterocycles. The van der Waals surface area contributed by atoms with Crippen molar-refractivity contribution < 1.29 is 4.74 Å². The Kier molecular flexibility index (Phi) is 4.94. The van der Waals surface area contributed by atoms with E-state index in [1.807, 2.05) is 25.9 Å². The van der Waals surface area contributed by atoms with E-state index in [-0.39, 0.29) is 0 Å². The molecule has 0 bridgehead atoms. The first-order chi connectivity index (χ1) is 9.63. The summed E-state index contributed by atoms with van der Waals surface area (Å²) in [6.45, 7) is 5.53. The standard InChI is InChI=1S/C13H24N6O/c1-5-14-11-15-12(18(2)3)17-13(16-11)19-7-6-10(8-19)9-20-4/h10H,5-9H2,1-4H3,(H,14,15,16,17). The number of hydrogen-bond acceptors (Lipinski definition) is 7. The van der Waals surface area contributed by atoms with E-state index in [9.17, 15) is 0 Å². The summed E-state index contributed by atoms with van der Waals surface area (Å²) < 4.78 is 5.23. The minimum Gasteiger partial charge on any atom is -0.384 e. The Balaban J connectivity index is 2.18. The van der Waals surface area contributed by atoms with Crippen LogP contribution in [-0.2, 0) is 4.74 Å². The lowest BCUT2D eigenvalue weighted by atomic mass is 10.1. The average Bonchev–Trinajstić information content (AvgIpc) is 2.88. The summed E-state index contributed by atoms with van der Waals surface area (Å²) in [4.78, 5) is 17.5. The Morgan fingerprint density at radius 3 is 2.80 bits per heavy atom. The molecule has 2 heterocycles. The van der Waals surface area contributed by atoms with Crippen molar-refractivity contribution in [2.75, 3.05) is 62.6 Å². The molecule has 1 aliphatic rings. The predicted octanol–water partition coefficient (Wildman–Crippen LogP) is 0.842. The molecular formula is C13H24N6O. The van der Waals surface area contributed by atoms with Gasteiger partial charge in [-0.15, -0.1) is 0 Å². The molecule has 0 radical (unpaired) electrons. The molecule has 1 fully saturated rings. The summed E-state index contributed by atoms with van der Waals surface area (Å²) in [6.07, 6.45) is 1.12. The fraction of sp³-hybridized carbons (Fsp3) is 0.769. The highest BCUT2D eigenvalue weighted by Gasteiger charge is 2.25. The minimum absolute atomic E-state index is 0.558. The van der Waals surface area contributed by atoms with Crippen LogP contribution in [0.2, 0.25) is 0 Å². The number of rotatable bonds is 6. The van der Waals surface area contributed by atoms with Crippen LogP contribution >= 0.6 is 0 Å². The van der Waals surface area contributed by atoms with Gasteiger partial charge < -0.3 is 19.9 Å². The SMILES string of the molecule is CCNc1nc(N(C)C)nc(N2CCC(COC)C2)n1. The molecule has 1 N–H and O–H groups in total. The van der Waals surface area contributed by atoms with E-state index in [4.69, 9.17) is 4.74 Å². The average molecular weight is 280 g/mol. The maximum atomic E-state index is 5.23. The molecule has 2 rings (SSSR count). The molecular weight excluding hydrogens is 256 g/mol. The molecule has 7 heteroatoms. The number of anilines is 3. The van der Waals surface area contributed by atoms with Crippen LogP contribution in [0, 0.1) is 5.92 Å². The third-order valence-corrected chi connectivity index (χ3v) is 3.32. The van der Waals surface area contributed by atoms with Crippen molar-refractivity contribution in [1.29, 1.82) is 0 Å². The molecule has 112 valence electrons. The monoisotopic (exact) mass is 280 g/mol. The van der Waals surface area contributed by atoms with Gasteiger partial charge in [-0.05, 0) is 13.3 Å². The van der Waals surface area contributed by atoms with Crippen molar-refractivity contribution in [3.05, 3.63) is 0 Å². The van der Waals surface area contributed by atoms with Crippen LogP contribution in [0.15, 0.2) is 0 Å². The lowest BCUT2D eigenvalue weighted by molar-refractivity contribution is 0.161. The molecule has 0 spiro atoms. The van der Waals surface area contributed by atoms with Crippen LogP contribution in [0.25, 0.3) is 0 Å². The molecule has 1 aromatic rings. The van der Waals surface area contributed by atoms with Gasteiger partial charge in [0.05, 0.1) is 6.61 Å². The fourth-order valence-corrected chi connectivity index (χ4v) is 2.32. The quantitative estimate of drug-likeness (QED) is 0.828. The topological polar surface area (TPSA) is 66.4 Å². The first-order valence-electron chi connectivity index (χ1n) is 7.05. The highest BCUT2D eigenvalue weighted by molar-refractivity contribution is 5.45. The van der Waals surface area contributed by atoms with Gasteiger partial charge in [-0.2, -0.15) is 15.0 Å². The number of methoxy groups -OCH3 is 1. The smallest absolute Gasteiger partial charge is 0.231 e. The van der Waals surface area contributed by atoms with E-state index >= 15 is 0 Å². The van der Waals surface area contributed by atoms with Gasteiger partial charge in [-0.1, -0.05) is 0 Å². The Bertz CT molecular complexity index is 439. The highest BCUT2D eigenvalue weighted by Crippen LogP contribution is 2.23. The summed E-state index contributed by atoms with van der Waals surface area (Å²) >= 11 is 0. The first-order valence-corrected chi connectivity index (χ1v) is 7.05. The molecule has 1 unspecified atom stereocenters. The summed E-state index contributed by atoms with van der Waals surface area (Å²) in [5.74, 6) is 2.62. The Hall–Kier alpha value is -1.63. The van der Waals surface area contributed by atoms with Crippen LogP contribution in [0.3, 0.4) is 0 Å². The van der Waals surface area contributed by atoms with Crippen LogP contribution in [0.5, 0.6) is 0 Å². The van der Waals surface area contributed by atoms with E-state index in [0.717, 1.165) is 38.6 Å². The van der Waals surface area contributed by atoms with E-state index in [1.54, 1.807) is 7.11 Å². The molecule has 1 atom stereocenters. The number of aromatic nitrogens is 3.